The molecular formula is C13H12BrNO3. The summed E-state index contributed by atoms with van der Waals surface area (Å²) >= 11 is 3.33. The Labute approximate surface area is 114 Å². The second-order valence-electron chi connectivity index (χ2n) is 3.28. The molecule has 5 heteroatoms. The molecule has 18 heavy (non-hydrogen) atoms. The maximum atomic E-state index is 11.4. The molecular weight excluding hydrogens is 298 g/mol. The van der Waals surface area contributed by atoms with E-state index in [-0.39, 0.29) is 12.2 Å². The summed E-state index contributed by atoms with van der Waals surface area (Å²) < 4.78 is 10.6. The summed E-state index contributed by atoms with van der Waals surface area (Å²) in [6, 6.07) is 7.08. The quantitative estimate of drug-likeness (QED) is 0.487. The van der Waals surface area contributed by atoms with Gasteiger partial charge in [0.1, 0.15) is 17.4 Å². The first-order valence-corrected chi connectivity index (χ1v) is 6.04. The molecule has 1 rings (SSSR count). The molecule has 0 saturated heterocycles. The van der Waals surface area contributed by atoms with Gasteiger partial charge in [0.2, 0.25) is 0 Å². The van der Waals surface area contributed by atoms with Crippen LogP contribution < -0.4 is 4.74 Å². The van der Waals surface area contributed by atoms with E-state index in [2.05, 4.69) is 15.9 Å². The van der Waals surface area contributed by atoms with Crippen molar-refractivity contribution < 1.29 is 14.3 Å². The van der Waals surface area contributed by atoms with Crippen LogP contribution in [-0.2, 0) is 9.53 Å². The van der Waals surface area contributed by atoms with Gasteiger partial charge in [0.15, 0.2) is 0 Å². The van der Waals surface area contributed by atoms with Crippen molar-refractivity contribution >= 4 is 28.0 Å². The Bertz CT molecular complexity index is 517. The highest BCUT2D eigenvalue weighted by molar-refractivity contribution is 9.10. The fourth-order valence-corrected chi connectivity index (χ4v) is 1.84. The van der Waals surface area contributed by atoms with Gasteiger partial charge in [-0.2, -0.15) is 5.26 Å². The van der Waals surface area contributed by atoms with Crippen molar-refractivity contribution in [3.63, 3.8) is 0 Å². The molecule has 0 N–H and O–H groups in total. The third-order valence-electron chi connectivity index (χ3n) is 2.10. The van der Waals surface area contributed by atoms with Crippen LogP contribution >= 0.6 is 15.9 Å². The first-order valence-electron chi connectivity index (χ1n) is 5.24. The van der Waals surface area contributed by atoms with Crippen LogP contribution in [0.4, 0.5) is 0 Å². The van der Waals surface area contributed by atoms with Gasteiger partial charge in [-0.1, -0.05) is 6.07 Å². The maximum absolute atomic E-state index is 11.4. The van der Waals surface area contributed by atoms with E-state index < -0.39 is 5.97 Å². The highest BCUT2D eigenvalue weighted by atomic mass is 79.9. The number of methoxy groups -OCH3 is 1. The van der Waals surface area contributed by atoms with Gasteiger partial charge in [0.25, 0.3) is 0 Å². The van der Waals surface area contributed by atoms with Crippen LogP contribution in [0.2, 0.25) is 0 Å². The average molecular weight is 310 g/mol. The van der Waals surface area contributed by atoms with Crippen LogP contribution in [-0.4, -0.2) is 19.7 Å². The van der Waals surface area contributed by atoms with Gasteiger partial charge in [0.05, 0.1) is 18.2 Å². The zero-order chi connectivity index (χ0) is 13.5. The molecule has 0 amide bonds. The highest BCUT2D eigenvalue weighted by Crippen LogP contribution is 2.26. The lowest BCUT2D eigenvalue weighted by Gasteiger charge is -2.04. The number of carbonyl (C=O) groups excluding carboxylic acids is 1. The van der Waals surface area contributed by atoms with E-state index in [0.717, 1.165) is 4.47 Å². The summed E-state index contributed by atoms with van der Waals surface area (Å²) in [4.78, 5) is 11.4. The Morgan fingerprint density at radius 1 is 1.56 bits per heavy atom. The fraction of sp³-hybridized carbons (Fsp3) is 0.231. The van der Waals surface area contributed by atoms with Crippen LogP contribution in [0.1, 0.15) is 12.5 Å². The van der Waals surface area contributed by atoms with Crippen molar-refractivity contribution in [2.24, 2.45) is 0 Å². The summed E-state index contributed by atoms with van der Waals surface area (Å²) in [7, 11) is 1.56. The lowest BCUT2D eigenvalue weighted by molar-refractivity contribution is -0.137. The molecule has 0 unspecified atom stereocenters. The molecule has 0 bridgehead atoms. The van der Waals surface area contributed by atoms with Gasteiger partial charge in [-0.05, 0) is 46.6 Å². The van der Waals surface area contributed by atoms with E-state index in [1.54, 1.807) is 32.2 Å². The average Bonchev–Trinajstić information content (AvgIpc) is 2.36. The van der Waals surface area contributed by atoms with Crippen molar-refractivity contribution in [2.45, 2.75) is 6.92 Å². The van der Waals surface area contributed by atoms with Crippen molar-refractivity contribution in [2.75, 3.05) is 13.7 Å². The minimum Gasteiger partial charge on any atom is -0.496 e. The number of nitriles is 1. The van der Waals surface area contributed by atoms with Gasteiger partial charge in [-0.25, -0.2) is 4.79 Å². The molecule has 0 atom stereocenters. The van der Waals surface area contributed by atoms with E-state index in [4.69, 9.17) is 14.7 Å². The predicted molar refractivity (Wildman–Crippen MR) is 70.9 cm³/mol. The molecule has 0 aliphatic carbocycles. The third-order valence-corrected chi connectivity index (χ3v) is 2.72. The summed E-state index contributed by atoms with van der Waals surface area (Å²) in [6.45, 7) is 1.93. The molecule has 1 aromatic carbocycles. The Hall–Kier alpha value is -1.80. The van der Waals surface area contributed by atoms with Crippen molar-refractivity contribution in [1.82, 2.24) is 0 Å². The van der Waals surface area contributed by atoms with Crippen LogP contribution in [0, 0.1) is 11.3 Å². The number of hydrogen-bond acceptors (Lipinski definition) is 4. The standard InChI is InChI=1S/C13H12BrNO3/c1-3-18-13(16)10(8-15)6-9-4-5-12(17-2)11(14)7-9/h4-7H,3H2,1-2H3/b10-6-. The summed E-state index contributed by atoms with van der Waals surface area (Å²) in [5.74, 6) is 0.0636. The van der Waals surface area contributed by atoms with Crippen LogP contribution in [0.15, 0.2) is 28.2 Å². The van der Waals surface area contributed by atoms with Crippen molar-refractivity contribution in [1.29, 1.82) is 5.26 Å². The molecule has 0 aromatic heterocycles. The fourth-order valence-electron chi connectivity index (χ4n) is 1.28. The van der Waals surface area contributed by atoms with E-state index in [1.165, 1.54) is 6.08 Å². The molecule has 0 fully saturated rings. The zero-order valence-corrected chi connectivity index (χ0v) is 11.7. The lowest BCUT2D eigenvalue weighted by atomic mass is 10.1. The molecule has 4 nitrogen and oxygen atoms in total. The summed E-state index contributed by atoms with van der Waals surface area (Å²) in [5.41, 5.74) is 0.682. The molecule has 0 heterocycles. The lowest BCUT2D eigenvalue weighted by Crippen LogP contribution is -2.05. The Balaban J connectivity index is 3.04. The largest absolute Gasteiger partial charge is 0.496 e. The molecule has 94 valence electrons. The topological polar surface area (TPSA) is 59.3 Å². The smallest absolute Gasteiger partial charge is 0.348 e. The summed E-state index contributed by atoms with van der Waals surface area (Å²) in [6.07, 6.45) is 1.47. The highest BCUT2D eigenvalue weighted by Gasteiger charge is 2.10. The van der Waals surface area contributed by atoms with Gasteiger partial charge in [-0.3, -0.25) is 0 Å². The van der Waals surface area contributed by atoms with E-state index in [0.29, 0.717) is 11.3 Å². The number of hydrogen-bond donors (Lipinski definition) is 0. The summed E-state index contributed by atoms with van der Waals surface area (Å²) in [5, 5.41) is 8.90. The zero-order valence-electron chi connectivity index (χ0n) is 10.1. The van der Waals surface area contributed by atoms with Crippen LogP contribution in [0.3, 0.4) is 0 Å². The van der Waals surface area contributed by atoms with Gasteiger partial charge in [0, 0.05) is 0 Å². The SMILES string of the molecule is CCOC(=O)/C(C#N)=C\c1ccc(OC)c(Br)c1. The maximum Gasteiger partial charge on any atom is 0.348 e. The van der Waals surface area contributed by atoms with Crippen LogP contribution in [0.5, 0.6) is 5.75 Å². The molecule has 0 spiro atoms. The van der Waals surface area contributed by atoms with E-state index in [1.807, 2.05) is 6.07 Å². The predicted octanol–water partition coefficient (Wildman–Crippen LogP) is 2.93. The molecule has 0 radical (unpaired) electrons. The normalized spacial score (nSPS) is 10.7. The molecule has 0 aliphatic heterocycles. The van der Waals surface area contributed by atoms with Gasteiger partial charge < -0.3 is 9.47 Å². The van der Waals surface area contributed by atoms with Gasteiger partial charge in [-0.15, -0.1) is 0 Å². The van der Waals surface area contributed by atoms with Gasteiger partial charge >= 0.3 is 5.97 Å². The van der Waals surface area contributed by atoms with E-state index >= 15 is 0 Å². The second kappa shape index (κ2) is 6.82. The Morgan fingerprint density at radius 2 is 2.28 bits per heavy atom. The van der Waals surface area contributed by atoms with Crippen molar-refractivity contribution in [3.05, 3.63) is 33.8 Å². The molecule has 1 aromatic rings. The first kappa shape index (κ1) is 14.3. The number of carbonyl (C=O) groups is 1. The van der Waals surface area contributed by atoms with Crippen molar-refractivity contribution in [3.8, 4) is 11.8 Å². The number of esters is 1. The first-order chi connectivity index (χ1) is 8.62. The number of halogens is 1. The Kier molecular flexibility index (Phi) is 5.40. The minimum atomic E-state index is -0.619. The number of benzene rings is 1. The molecule has 0 aliphatic rings. The van der Waals surface area contributed by atoms with Crippen LogP contribution in [0.25, 0.3) is 6.08 Å². The molecule has 0 saturated carbocycles. The minimum absolute atomic E-state index is 0.0334. The second-order valence-corrected chi connectivity index (χ2v) is 4.14. The number of rotatable bonds is 4. The monoisotopic (exact) mass is 309 g/mol. The number of nitrogens with zero attached hydrogens (tertiary/aromatic N) is 1. The number of ether oxygens (including phenoxy) is 2. The van der Waals surface area contributed by atoms with E-state index in [9.17, 15) is 4.79 Å². The Morgan fingerprint density at radius 3 is 2.78 bits per heavy atom. The third kappa shape index (κ3) is 3.60.